The average Bonchev–Trinajstić information content (AvgIpc) is 2.71. The zero-order valence-corrected chi connectivity index (χ0v) is 10.9. The lowest BCUT2D eigenvalue weighted by Crippen LogP contribution is -2.39. The first kappa shape index (κ1) is 12.8. The van der Waals surface area contributed by atoms with Crippen molar-refractivity contribution >= 4 is 11.6 Å². The summed E-state index contributed by atoms with van der Waals surface area (Å²) in [6.45, 7) is 2.22. The lowest BCUT2D eigenvalue weighted by Gasteiger charge is -2.31. The molecule has 1 saturated carbocycles. The molecule has 0 bridgehead atoms. The van der Waals surface area contributed by atoms with Gasteiger partial charge in [0.15, 0.2) is 0 Å². The van der Waals surface area contributed by atoms with Gasteiger partial charge in [-0.3, -0.25) is 0 Å². The molecule has 1 aromatic rings. The summed E-state index contributed by atoms with van der Waals surface area (Å²) in [4.78, 5) is 0. The van der Waals surface area contributed by atoms with Crippen LogP contribution >= 0.6 is 11.6 Å². The molecule has 1 unspecified atom stereocenters. The van der Waals surface area contributed by atoms with Gasteiger partial charge in [-0.1, -0.05) is 37.4 Å². The van der Waals surface area contributed by atoms with Crippen LogP contribution in [-0.4, -0.2) is 6.04 Å². The van der Waals surface area contributed by atoms with Crippen molar-refractivity contribution < 1.29 is 4.39 Å². The van der Waals surface area contributed by atoms with Crippen LogP contribution in [0.3, 0.4) is 0 Å². The Kier molecular flexibility index (Phi) is 3.74. The Hall–Kier alpha value is -0.600. The molecule has 1 fully saturated rings. The van der Waals surface area contributed by atoms with Crippen molar-refractivity contribution in [3.63, 3.8) is 0 Å². The molecular weight excluding hydrogens is 237 g/mol. The van der Waals surface area contributed by atoms with E-state index in [0.29, 0.717) is 17.0 Å². The van der Waals surface area contributed by atoms with Gasteiger partial charge >= 0.3 is 0 Å². The number of rotatable bonds is 3. The summed E-state index contributed by atoms with van der Waals surface area (Å²) >= 11 is 5.74. The Morgan fingerprint density at radius 1 is 1.41 bits per heavy atom. The molecule has 0 amide bonds. The van der Waals surface area contributed by atoms with Gasteiger partial charge in [-0.05, 0) is 42.4 Å². The zero-order chi connectivity index (χ0) is 12.5. The monoisotopic (exact) mass is 255 g/mol. The molecule has 0 spiro atoms. The minimum absolute atomic E-state index is 0.0284. The van der Waals surface area contributed by atoms with Crippen LogP contribution in [0.2, 0.25) is 5.02 Å². The van der Waals surface area contributed by atoms with Gasteiger partial charge < -0.3 is 5.73 Å². The molecule has 1 aromatic carbocycles. The normalized spacial score (nSPS) is 20.5. The maximum absolute atomic E-state index is 13.7. The second-order valence-electron chi connectivity index (χ2n) is 5.41. The first-order chi connectivity index (χ1) is 8.01. The van der Waals surface area contributed by atoms with Crippen LogP contribution in [0.25, 0.3) is 0 Å². The van der Waals surface area contributed by atoms with Crippen LogP contribution in [0, 0.1) is 11.2 Å². The Morgan fingerprint density at radius 2 is 2.06 bits per heavy atom. The van der Waals surface area contributed by atoms with E-state index in [-0.39, 0.29) is 17.3 Å². The van der Waals surface area contributed by atoms with Crippen molar-refractivity contribution in [1.82, 2.24) is 0 Å². The van der Waals surface area contributed by atoms with E-state index in [0.717, 1.165) is 12.8 Å². The number of hydrogen-bond acceptors (Lipinski definition) is 1. The van der Waals surface area contributed by atoms with Gasteiger partial charge in [0, 0.05) is 11.1 Å². The largest absolute Gasteiger partial charge is 0.327 e. The summed E-state index contributed by atoms with van der Waals surface area (Å²) in [7, 11) is 0. The Bertz CT molecular complexity index is 399. The molecule has 2 N–H and O–H groups in total. The van der Waals surface area contributed by atoms with Crippen LogP contribution in [0.1, 0.15) is 38.2 Å². The third kappa shape index (κ3) is 2.80. The third-order valence-corrected chi connectivity index (χ3v) is 4.33. The predicted molar refractivity (Wildman–Crippen MR) is 69.7 cm³/mol. The topological polar surface area (TPSA) is 26.0 Å². The molecule has 0 heterocycles. The summed E-state index contributed by atoms with van der Waals surface area (Å²) in [5, 5.41) is 0.437. The van der Waals surface area contributed by atoms with Crippen LogP contribution in [0.4, 0.5) is 4.39 Å². The fraction of sp³-hybridized carbons (Fsp3) is 0.571. The molecule has 1 aliphatic carbocycles. The maximum atomic E-state index is 13.7. The first-order valence-corrected chi connectivity index (χ1v) is 6.58. The highest BCUT2D eigenvalue weighted by Gasteiger charge is 2.34. The van der Waals surface area contributed by atoms with E-state index in [1.54, 1.807) is 12.1 Å². The minimum atomic E-state index is -0.241. The van der Waals surface area contributed by atoms with E-state index in [1.165, 1.54) is 18.9 Å². The van der Waals surface area contributed by atoms with E-state index in [2.05, 4.69) is 6.92 Å². The third-order valence-electron chi connectivity index (χ3n) is 4.10. The van der Waals surface area contributed by atoms with Gasteiger partial charge in [0.05, 0.1) is 0 Å². The van der Waals surface area contributed by atoms with Crippen LogP contribution in [0.5, 0.6) is 0 Å². The standard InChI is InChI=1S/C14H19ClFN/c1-14(6-2-3-7-14)13(17)8-10-4-5-11(15)9-12(10)16/h4-5,9,13H,2-3,6-8,17H2,1H3. The Morgan fingerprint density at radius 3 is 2.65 bits per heavy atom. The fourth-order valence-electron chi connectivity index (χ4n) is 2.72. The smallest absolute Gasteiger partial charge is 0.127 e. The van der Waals surface area contributed by atoms with Gasteiger partial charge in [0.1, 0.15) is 5.82 Å². The Labute approximate surface area is 107 Å². The summed E-state index contributed by atoms with van der Waals surface area (Å²) in [5.41, 5.74) is 7.10. The molecule has 0 saturated heterocycles. The molecule has 3 heteroatoms. The van der Waals surface area contributed by atoms with Crippen LogP contribution in [0.15, 0.2) is 18.2 Å². The number of benzene rings is 1. The summed E-state index contributed by atoms with van der Waals surface area (Å²) in [6, 6.07) is 4.86. The van der Waals surface area contributed by atoms with Gasteiger partial charge in [-0.2, -0.15) is 0 Å². The lowest BCUT2D eigenvalue weighted by molar-refractivity contribution is 0.259. The maximum Gasteiger partial charge on any atom is 0.127 e. The highest BCUT2D eigenvalue weighted by atomic mass is 35.5. The molecule has 2 rings (SSSR count). The summed E-state index contributed by atoms with van der Waals surface area (Å²) < 4.78 is 13.7. The molecule has 0 aromatic heterocycles. The van der Waals surface area contributed by atoms with E-state index < -0.39 is 0 Å². The molecule has 1 nitrogen and oxygen atoms in total. The molecule has 0 radical (unpaired) electrons. The van der Waals surface area contributed by atoms with E-state index in [1.807, 2.05) is 0 Å². The van der Waals surface area contributed by atoms with Crippen molar-refractivity contribution in [1.29, 1.82) is 0 Å². The van der Waals surface area contributed by atoms with Crippen LogP contribution < -0.4 is 5.73 Å². The van der Waals surface area contributed by atoms with E-state index in [9.17, 15) is 4.39 Å². The molecule has 94 valence electrons. The average molecular weight is 256 g/mol. The summed E-state index contributed by atoms with van der Waals surface area (Å²) in [5.74, 6) is -0.241. The molecule has 1 atom stereocenters. The van der Waals surface area contributed by atoms with Gasteiger partial charge in [0.25, 0.3) is 0 Å². The second-order valence-corrected chi connectivity index (χ2v) is 5.84. The van der Waals surface area contributed by atoms with Gasteiger partial charge in [0.2, 0.25) is 0 Å². The quantitative estimate of drug-likeness (QED) is 0.870. The highest BCUT2D eigenvalue weighted by Crippen LogP contribution is 2.40. The molecule has 1 aliphatic rings. The van der Waals surface area contributed by atoms with E-state index in [4.69, 9.17) is 17.3 Å². The van der Waals surface area contributed by atoms with E-state index >= 15 is 0 Å². The van der Waals surface area contributed by atoms with Crippen molar-refractivity contribution in [2.45, 2.75) is 45.1 Å². The van der Waals surface area contributed by atoms with Crippen molar-refractivity contribution in [2.24, 2.45) is 11.1 Å². The predicted octanol–water partition coefficient (Wildman–Crippen LogP) is 3.93. The highest BCUT2D eigenvalue weighted by molar-refractivity contribution is 6.30. The van der Waals surface area contributed by atoms with Crippen molar-refractivity contribution in [3.05, 3.63) is 34.6 Å². The van der Waals surface area contributed by atoms with Gasteiger partial charge in [-0.15, -0.1) is 0 Å². The molecule has 17 heavy (non-hydrogen) atoms. The number of halogens is 2. The zero-order valence-electron chi connectivity index (χ0n) is 10.2. The lowest BCUT2D eigenvalue weighted by atomic mass is 9.78. The number of nitrogens with two attached hydrogens (primary N) is 1. The first-order valence-electron chi connectivity index (χ1n) is 6.21. The number of hydrogen-bond donors (Lipinski definition) is 1. The second kappa shape index (κ2) is 4.95. The van der Waals surface area contributed by atoms with Crippen molar-refractivity contribution in [3.8, 4) is 0 Å². The van der Waals surface area contributed by atoms with Crippen molar-refractivity contribution in [2.75, 3.05) is 0 Å². The summed E-state index contributed by atoms with van der Waals surface area (Å²) in [6.07, 6.45) is 5.40. The minimum Gasteiger partial charge on any atom is -0.327 e. The molecular formula is C14H19ClFN. The fourth-order valence-corrected chi connectivity index (χ4v) is 2.88. The Balaban J connectivity index is 2.10. The van der Waals surface area contributed by atoms with Crippen LogP contribution in [-0.2, 0) is 6.42 Å². The SMILES string of the molecule is CC1(C(N)Cc2ccc(Cl)cc2F)CCCC1. The molecule has 0 aliphatic heterocycles. The van der Waals surface area contributed by atoms with Gasteiger partial charge in [-0.25, -0.2) is 4.39 Å².